The molecule has 1 N–H and O–H groups in total. The fraction of sp³-hybridized carbons (Fsp3) is 0.267. The highest BCUT2D eigenvalue weighted by Crippen LogP contribution is 2.25. The topological polar surface area (TPSA) is 32.3 Å². The van der Waals surface area contributed by atoms with Crippen molar-refractivity contribution in [3.8, 4) is 0 Å². The minimum absolute atomic E-state index is 0.0770. The van der Waals surface area contributed by atoms with Crippen molar-refractivity contribution >= 4 is 22.4 Å². The molecule has 0 aliphatic rings. The number of likely N-dealkylation sites (N-methyl/N-ethyl adjacent to an activating group) is 2. The molecule has 3 heteroatoms. The van der Waals surface area contributed by atoms with Crippen molar-refractivity contribution in [1.29, 1.82) is 0 Å². The summed E-state index contributed by atoms with van der Waals surface area (Å²) in [4.78, 5) is 13.7. The lowest BCUT2D eigenvalue weighted by Gasteiger charge is -2.19. The standard InChI is InChI=1S/C15H18N2O/c1-3-16-11-15(18)17(2)14-10-6-8-12-7-4-5-9-13(12)14/h4-10,16H,3,11H2,1-2H3. The highest BCUT2D eigenvalue weighted by atomic mass is 16.2. The molecule has 0 atom stereocenters. The van der Waals surface area contributed by atoms with Gasteiger partial charge in [0.15, 0.2) is 0 Å². The van der Waals surface area contributed by atoms with Crippen LogP contribution in [0.5, 0.6) is 0 Å². The summed E-state index contributed by atoms with van der Waals surface area (Å²) < 4.78 is 0. The molecule has 0 aliphatic carbocycles. The summed E-state index contributed by atoms with van der Waals surface area (Å²) in [6, 6.07) is 14.1. The third-order valence-electron chi connectivity index (χ3n) is 3.03. The Kier molecular flexibility index (Phi) is 3.95. The van der Waals surface area contributed by atoms with Gasteiger partial charge in [-0.05, 0) is 18.0 Å². The van der Waals surface area contributed by atoms with Gasteiger partial charge < -0.3 is 10.2 Å². The maximum absolute atomic E-state index is 12.0. The van der Waals surface area contributed by atoms with E-state index in [2.05, 4.69) is 17.4 Å². The Morgan fingerprint density at radius 1 is 1.17 bits per heavy atom. The van der Waals surface area contributed by atoms with Gasteiger partial charge in [0, 0.05) is 12.4 Å². The lowest BCUT2D eigenvalue weighted by Crippen LogP contribution is -2.35. The average molecular weight is 242 g/mol. The molecule has 2 rings (SSSR count). The molecule has 0 aliphatic heterocycles. The van der Waals surface area contributed by atoms with Crippen LogP contribution < -0.4 is 10.2 Å². The van der Waals surface area contributed by atoms with Crippen molar-refractivity contribution in [2.75, 3.05) is 25.0 Å². The zero-order valence-corrected chi connectivity index (χ0v) is 10.8. The Labute approximate surface area is 107 Å². The van der Waals surface area contributed by atoms with Crippen molar-refractivity contribution in [3.05, 3.63) is 42.5 Å². The number of nitrogens with one attached hydrogen (secondary N) is 1. The Hall–Kier alpha value is -1.87. The number of amides is 1. The van der Waals surface area contributed by atoms with E-state index in [1.54, 1.807) is 4.90 Å². The third-order valence-corrected chi connectivity index (χ3v) is 3.03. The summed E-state index contributed by atoms with van der Waals surface area (Å²) in [6.07, 6.45) is 0. The molecule has 94 valence electrons. The van der Waals surface area contributed by atoms with Crippen LogP contribution >= 0.6 is 0 Å². The summed E-state index contributed by atoms with van der Waals surface area (Å²) in [5, 5.41) is 5.31. The molecule has 2 aromatic carbocycles. The predicted molar refractivity (Wildman–Crippen MR) is 75.9 cm³/mol. The monoisotopic (exact) mass is 242 g/mol. The zero-order chi connectivity index (χ0) is 13.0. The van der Waals surface area contributed by atoms with Crippen LogP contribution in [0.3, 0.4) is 0 Å². The Balaban J connectivity index is 2.32. The van der Waals surface area contributed by atoms with E-state index in [-0.39, 0.29) is 5.91 Å². The number of rotatable bonds is 4. The number of hydrogen-bond acceptors (Lipinski definition) is 2. The fourth-order valence-corrected chi connectivity index (χ4v) is 1.99. The molecule has 0 saturated carbocycles. The summed E-state index contributed by atoms with van der Waals surface area (Å²) in [7, 11) is 1.82. The van der Waals surface area contributed by atoms with E-state index >= 15 is 0 Å². The predicted octanol–water partition coefficient (Wildman–Crippen LogP) is 2.41. The van der Waals surface area contributed by atoms with E-state index in [1.807, 2.05) is 44.3 Å². The molecule has 0 spiro atoms. The third kappa shape index (κ3) is 2.51. The molecule has 0 fully saturated rings. The van der Waals surface area contributed by atoms with Crippen LogP contribution in [0, 0.1) is 0 Å². The van der Waals surface area contributed by atoms with Crippen LogP contribution in [-0.4, -0.2) is 26.0 Å². The number of fused-ring (bicyclic) bond motifs is 1. The molecule has 0 bridgehead atoms. The summed E-state index contributed by atoms with van der Waals surface area (Å²) in [5.74, 6) is 0.0770. The molecule has 0 heterocycles. The molecule has 0 unspecified atom stereocenters. The van der Waals surface area contributed by atoms with Crippen LogP contribution in [0.25, 0.3) is 10.8 Å². The minimum atomic E-state index is 0.0770. The van der Waals surface area contributed by atoms with Crippen LogP contribution in [0.4, 0.5) is 5.69 Å². The first-order valence-electron chi connectivity index (χ1n) is 6.19. The molecular weight excluding hydrogens is 224 g/mol. The number of hydrogen-bond donors (Lipinski definition) is 1. The second-order valence-electron chi connectivity index (χ2n) is 4.23. The van der Waals surface area contributed by atoms with Gasteiger partial charge in [0.25, 0.3) is 0 Å². The van der Waals surface area contributed by atoms with E-state index in [1.165, 1.54) is 0 Å². The summed E-state index contributed by atoms with van der Waals surface area (Å²) >= 11 is 0. The van der Waals surface area contributed by atoms with Gasteiger partial charge in [0.2, 0.25) is 5.91 Å². The number of benzene rings is 2. The molecule has 1 amide bonds. The summed E-state index contributed by atoms with van der Waals surface area (Å²) in [6.45, 7) is 3.16. The van der Waals surface area contributed by atoms with Gasteiger partial charge in [-0.1, -0.05) is 43.3 Å². The van der Waals surface area contributed by atoms with Crippen LogP contribution in [0.15, 0.2) is 42.5 Å². The van der Waals surface area contributed by atoms with Gasteiger partial charge in [-0.3, -0.25) is 4.79 Å². The van der Waals surface area contributed by atoms with E-state index in [0.29, 0.717) is 6.54 Å². The SMILES string of the molecule is CCNCC(=O)N(C)c1cccc2ccccc12. The maximum Gasteiger partial charge on any atom is 0.240 e. The number of carbonyl (C=O) groups is 1. The van der Waals surface area contributed by atoms with Gasteiger partial charge in [0.1, 0.15) is 0 Å². The second-order valence-corrected chi connectivity index (χ2v) is 4.23. The first-order chi connectivity index (χ1) is 8.74. The molecule has 3 nitrogen and oxygen atoms in total. The molecular formula is C15H18N2O. The molecule has 2 aromatic rings. The molecule has 0 aromatic heterocycles. The highest BCUT2D eigenvalue weighted by Gasteiger charge is 2.12. The van der Waals surface area contributed by atoms with Gasteiger partial charge >= 0.3 is 0 Å². The normalized spacial score (nSPS) is 10.6. The quantitative estimate of drug-likeness (QED) is 0.893. The van der Waals surface area contributed by atoms with Crippen molar-refractivity contribution in [3.63, 3.8) is 0 Å². The van der Waals surface area contributed by atoms with Gasteiger partial charge in [-0.15, -0.1) is 0 Å². The van der Waals surface area contributed by atoms with Crippen LogP contribution in [-0.2, 0) is 4.79 Å². The fourth-order valence-electron chi connectivity index (χ4n) is 1.99. The van der Waals surface area contributed by atoms with Crippen LogP contribution in [0.2, 0.25) is 0 Å². The van der Waals surface area contributed by atoms with Gasteiger partial charge in [0.05, 0.1) is 12.2 Å². The Morgan fingerprint density at radius 3 is 2.67 bits per heavy atom. The Bertz CT molecular complexity index is 546. The zero-order valence-electron chi connectivity index (χ0n) is 10.8. The lowest BCUT2D eigenvalue weighted by molar-refractivity contribution is -0.117. The van der Waals surface area contributed by atoms with Crippen LogP contribution in [0.1, 0.15) is 6.92 Å². The van der Waals surface area contributed by atoms with Crippen molar-refractivity contribution < 1.29 is 4.79 Å². The van der Waals surface area contributed by atoms with Gasteiger partial charge in [-0.25, -0.2) is 0 Å². The Morgan fingerprint density at radius 2 is 1.89 bits per heavy atom. The van der Waals surface area contributed by atoms with E-state index in [0.717, 1.165) is 23.0 Å². The smallest absolute Gasteiger partial charge is 0.240 e. The summed E-state index contributed by atoms with van der Waals surface area (Å²) in [5.41, 5.74) is 0.955. The lowest BCUT2D eigenvalue weighted by atomic mass is 10.1. The van der Waals surface area contributed by atoms with E-state index in [9.17, 15) is 4.79 Å². The molecule has 18 heavy (non-hydrogen) atoms. The first kappa shape index (κ1) is 12.6. The van der Waals surface area contributed by atoms with Gasteiger partial charge in [-0.2, -0.15) is 0 Å². The number of anilines is 1. The number of nitrogens with zero attached hydrogens (tertiary/aromatic N) is 1. The van der Waals surface area contributed by atoms with Crippen molar-refractivity contribution in [1.82, 2.24) is 5.32 Å². The number of carbonyl (C=O) groups excluding carboxylic acids is 1. The maximum atomic E-state index is 12.0. The molecule has 0 saturated heterocycles. The highest BCUT2D eigenvalue weighted by molar-refractivity contribution is 6.03. The average Bonchev–Trinajstić information content (AvgIpc) is 2.43. The van der Waals surface area contributed by atoms with Crippen molar-refractivity contribution in [2.24, 2.45) is 0 Å². The minimum Gasteiger partial charge on any atom is -0.314 e. The van der Waals surface area contributed by atoms with Crippen molar-refractivity contribution in [2.45, 2.75) is 6.92 Å². The second kappa shape index (κ2) is 5.65. The largest absolute Gasteiger partial charge is 0.314 e. The van der Waals surface area contributed by atoms with E-state index < -0.39 is 0 Å². The molecule has 0 radical (unpaired) electrons. The van der Waals surface area contributed by atoms with E-state index in [4.69, 9.17) is 0 Å². The first-order valence-corrected chi connectivity index (χ1v) is 6.19.